The second kappa shape index (κ2) is 7.16. The lowest BCUT2D eigenvalue weighted by Crippen LogP contribution is -2.27. The van der Waals surface area contributed by atoms with Crippen molar-refractivity contribution in [1.82, 2.24) is 5.32 Å². The molecule has 0 saturated carbocycles. The van der Waals surface area contributed by atoms with Crippen molar-refractivity contribution in [2.45, 2.75) is 13.8 Å². The van der Waals surface area contributed by atoms with Gasteiger partial charge in [0.1, 0.15) is 0 Å². The molecule has 5 heteroatoms. The Morgan fingerprint density at radius 3 is 2.67 bits per heavy atom. The number of hydrogen-bond donors (Lipinski definition) is 2. The fraction of sp³-hybridized carbons (Fsp3) is 0.462. The molecule has 1 aromatic rings. The van der Waals surface area contributed by atoms with E-state index in [0.717, 1.165) is 17.8 Å². The number of benzene rings is 1. The van der Waals surface area contributed by atoms with Crippen molar-refractivity contribution in [3.05, 3.63) is 29.3 Å². The third kappa shape index (κ3) is 4.49. The van der Waals surface area contributed by atoms with E-state index in [1.165, 1.54) is 0 Å². The van der Waals surface area contributed by atoms with E-state index >= 15 is 0 Å². The van der Waals surface area contributed by atoms with Gasteiger partial charge < -0.3 is 10.6 Å². The maximum atomic E-state index is 11.8. The molecular formula is C13H20N2O2S. The van der Waals surface area contributed by atoms with E-state index in [0.29, 0.717) is 17.9 Å². The van der Waals surface area contributed by atoms with E-state index in [1.54, 1.807) is 12.3 Å². The van der Waals surface area contributed by atoms with Crippen LogP contribution in [-0.2, 0) is 10.8 Å². The van der Waals surface area contributed by atoms with Crippen LogP contribution in [-0.4, -0.2) is 35.2 Å². The maximum absolute atomic E-state index is 11.8. The minimum absolute atomic E-state index is 0.119. The first-order chi connectivity index (χ1) is 8.54. The van der Waals surface area contributed by atoms with Crippen LogP contribution in [0.3, 0.4) is 0 Å². The quantitative estimate of drug-likeness (QED) is 0.822. The van der Waals surface area contributed by atoms with E-state index in [2.05, 4.69) is 10.6 Å². The molecule has 1 amide bonds. The number of anilines is 1. The molecule has 100 valence electrons. The number of nitrogens with one attached hydrogen (secondary N) is 2. The van der Waals surface area contributed by atoms with Crippen LogP contribution >= 0.6 is 0 Å². The largest absolute Gasteiger partial charge is 0.385 e. The zero-order valence-corrected chi connectivity index (χ0v) is 11.9. The molecule has 0 bridgehead atoms. The predicted molar refractivity (Wildman–Crippen MR) is 76.6 cm³/mol. The monoisotopic (exact) mass is 268 g/mol. The molecule has 0 aliphatic carbocycles. The first-order valence-electron chi connectivity index (χ1n) is 5.97. The molecule has 0 heterocycles. The van der Waals surface area contributed by atoms with Gasteiger partial charge in [-0.2, -0.15) is 0 Å². The minimum atomic E-state index is -0.874. The molecule has 18 heavy (non-hydrogen) atoms. The van der Waals surface area contributed by atoms with Crippen LogP contribution in [0.1, 0.15) is 22.8 Å². The molecule has 0 aliphatic heterocycles. The average molecular weight is 268 g/mol. The molecule has 1 atom stereocenters. The van der Waals surface area contributed by atoms with Crippen molar-refractivity contribution in [2.24, 2.45) is 0 Å². The Balaban J connectivity index is 2.63. The molecule has 0 radical (unpaired) electrons. The number of rotatable bonds is 6. The zero-order valence-electron chi connectivity index (χ0n) is 11.1. The molecule has 0 aliphatic rings. The maximum Gasteiger partial charge on any atom is 0.251 e. The van der Waals surface area contributed by atoms with Gasteiger partial charge in [0.15, 0.2) is 0 Å². The van der Waals surface area contributed by atoms with Gasteiger partial charge in [0.05, 0.1) is 0 Å². The fourth-order valence-electron chi connectivity index (χ4n) is 1.60. The second-order valence-electron chi connectivity index (χ2n) is 4.09. The van der Waals surface area contributed by atoms with Crippen LogP contribution in [0, 0.1) is 6.92 Å². The number of amides is 1. The highest BCUT2D eigenvalue weighted by Gasteiger charge is 2.07. The molecular weight excluding hydrogens is 248 g/mol. The van der Waals surface area contributed by atoms with Gasteiger partial charge in [-0.15, -0.1) is 0 Å². The molecule has 0 fully saturated rings. The Kier molecular flexibility index (Phi) is 5.85. The molecule has 0 saturated heterocycles. The predicted octanol–water partition coefficient (Wildman–Crippen LogP) is 1.54. The topological polar surface area (TPSA) is 58.2 Å². The molecule has 4 nitrogen and oxygen atoms in total. The third-order valence-corrected chi connectivity index (χ3v) is 3.31. The Labute approximate surface area is 111 Å². The summed E-state index contributed by atoms with van der Waals surface area (Å²) in [6.45, 7) is 5.30. The molecule has 1 aromatic carbocycles. The van der Waals surface area contributed by atoms with Crippen LogP contribution in [0.2, 0.25) is 0 Å². The summed E-state index contributed by atoms with van der Waals surface area (Å²) in [7, 11) is -0.874. The van der Waals surface area contributed by atoms with Crippen LogP contribution in [0.15, 0.2) is 18.2 Å². The summed E-state index contributed by atoms with van der Waals surface area (Å²) in [5, 5.41) is 5.98. The van der Waals surface area contributed by atoms with E-state index in [-0.39, 0.29) is 5.91 Å². The lowest BCUT2D eigenvalue weighted by Gasteiger charge is -2.09. The van der Waals surface area contributed by atoms with Crippen molar-refractivity contribution in [2.75, 3.05) is 30.4 Å². The normalized spacial score (nSPS) is 11.9. The van der Waals surface area contributed by atoms with Crippen LogP contribution in [0.25, 0.3) is 0 Å². The molecule has 1 rings (SSSR count). The summed E-state index contributed by atoms with van der Waals surface area (Å²) < 4.78 is 10.9. The molecule has 2 N–H and O–H groups in total. The SMILES string of the molecule is CCNc1ccc(C(=O)NCCS(C)=O)cc1C. The van der Waals surface area contributed by atoms with Gasteiger partial charge in [-0.05, 0) is 37.6 Å². The number of carbonyl (C=O) groups excluding carboxylic acids is 1. The standard InChI is InChI=1S/C13H20N2O2S/c1-4-14-12-6-5-11(9-10(12)2)13(16)15-7-8-18(3)17/h5-6,9,14H,4,7-8H2,1-3H3,(H,15,16). The second-order valence-corrected chi connectivity index (χ2v) is 5.65. The first-order valence-corrected chi connectivity index (χ1v) is 7.70. The summed E-state index contributed by atoms with van der Waals surface area (Å²) >= 11 is 0. The van der Waals surface area contributed by atoms with Crippen molar-refractivity contribution < 1.29 is 9.00 Å². The summed E-state index contributed by atoms with van der Waals surface area (Å²) in [6, 6.07) is 5.56. The van der Waals surface area contributed by atoms with Gasteiger partial charge in [0, 0.05) is 47.1 Å². The highest BCUT2D eigenvalue weighted by atomic mass is 32.2. The van der Waals surface area contributed by atoms with E-state index in [4.69, 9.17) is 0 Å². The average Bonchev–Trinajstić information content (AvgIpc) is 2.31. The molecule has 0 spiro atoms. The molecule has 1 unspecified atom stereocenters. The van der Waals surface area contributed by atoms with Gasteiger partial charge in [-0.1, -0.05) is 0 Å². The number of carbonyl (C=O) groups is 1. The van der Waals surface area contributed by atoms with Crippen LogP contribution in [0.4, 0.5) is 5.69 Å². The van der Waals surface area contributed by atoms with Crippen LogP contribution < -0.4 is 10.6 Å². The Hall–Kier alpha value is -1.36. The van der Waals surface area contributed by atoms with Crippen molar-refractivity contribution in [1.29, 1.82) is 0 Å². The minimum Gasteiger partial charge on any atom is -0.385 e. The van der Waals surface area contributed by atoms with Crippen molar-refractivity contribution >= 4 is 22.4 Å². The summed E-state index contributed by atoms with van der Waals surface area (Å²) in [5.74, 6) is 0.367. The Morgan fingerprint density at radius 1 is 1.39 bits per heavy atom. The van der Waals surface area contributed by atoms with E-state index in [9.17, 15) is 9.00 Å². The lowest BCUT2D eigenvalue weighted by molar-refractivity contribution is 0.0956. The summed E-state index contributed by atoms with van der Waals surface area (Å²) in [6.07, 6.45) is 1.63. The highest BCUT2D eigenvalue weighted by Crippen LogP contribution is 2.16. The third-order valence-electron chi connectivity index (χ3n) is 2.53. The van der Waals surface area contributed by atoms with E-state index < -0.39 is 10.8 Å². The van der Waals surface area contributed by atoms with Gasteiger partial charge in [-0.25, -0.2) is 0 Å². The summed E-state index contributed by atoms with van der Waals surface area (Å²) in [4.78, 5) is 11.8. The van der Waals surface area contributed by atoms with Gasteiger partial charge >= 0.3 is 0 Å². The zero-order chi connectivity index (χ0) is 13.5. The highest BCUT2D eigenvalue weighted by molar-refractivity contribution is 7.84. The summed E-state index contributed by atoms with van der Waals surface area (Å²) in [5.41, 5.74) is 2.73. The van der Waals surface area contributed by atoms with Gasteiger partial charge in [0.25, 0.3) is 5.91 Å². The Morgan fingerprint density at radius 2 is 2.11 bits per heavy atom. The van der Waals surface area contributed by atoms with Gasteiger partial charge in [0.2, 0.25) is 0 Å². The smallest absolute Gasteiger partial charge is 0.251 e. The number of aryl methyl sites for hydroxylation is 1. The number of hydrogen-bond acceptors (Lipinski definition) is 3. The molecule has 0 aromatic heterocycles. The van der Waals surface area contributed by atoms with Crippen molar-refractivity contribution in [3.8, 4) is 0 Å². The Bertz CT molecular complexity index is 447. The fourth-order valence-corrected chi connectivity index (χ4v) is 1.99. The van der Waals surface area contributed by atoms with Crippen molar-refractivity contribution in [3.63, 3.8) is 0 Å². The first kappa shape index (κ1) is 14.7. The van der Waals surface area contributed by atoms with Crippen LogP contribution in [0.5, 0.6) is 0 Å². The van der Waals surface area contributed by atoms with E-state index in [1.807, 2.05) is 26.0 Å². The van der Waals surface area contributed by atoms with Gasteiger partial charge in [-0.3, -0.25) is 9.00 Å². The lowest BCUT2D eigenvalue weighted by atomic mass is 10.1.